The number of aryl methyl sites for hydroxylation is 1. The highest BCUT2D eigenvalue weighted by atomic mass is 19.4. The lowest BCUT2D eigenvalue weighted by Crippen LogP contribution is -2.58. The van der Waals surface area contributed by atoms with Gasteiger partial charge < -0.3 is 50.8 Å². The minimum atomic E-state index is -4.60. The second-order valence-electron chi connectivity index (χ2n) is 22.9. The molecular formula is C58H82F3N11O8. The van der Waals surface area contributed by atoms with Gasteiger partial charge in [-0.15, -0.1) is 0 Å². The quantitative estimate of drug-likeness (QED) is 0.0687. The molecule has 3 aliphatic carbocycles. The first kappa shape index (κ1) is 60.1. The number of rotatable bonds is 23. The Morgan fingerprint density at radius 1 is 0.850 bits per heavy atom. The highest BCUT2D eigenvalue weighted by Gasteiger charge is 2.45. The summed E-state index contributed by atoms with van der Waals surface area (Å²) >= 11 is 0. The summed E-state index contributed by atoms with van der Waals surface area (Å²) in [5.41, 5.74) is 0.285. The zero-order valence-corrected chi connectivity index (χ0v) is 47.0. The van der Waals surface area contributed by atoms with Crippen molar-refractivity contribution in [3.63, 3.8) is 0 Å². The van der Waals surface area contributed by atoms with E-state index < -0.39 is 23.7 Å². The molecule has 2 saturated heterocycles. The summed E-state index contributed by atoms with van der Waals surface area (Å²) in [5, 5.41) is 15.6. The Kier molecular flexibility index (Phi) is 20.8. The molecule has 22 heteroatoms. The molecule has 438 valence electrons. The molecule has 2 aromatic heterocycles. The predicted molar refractivity (Wildman–Crippen MR) is 293 cm³/mol. The molecule has 1 aromatic carbocycles. The molecule has 80 heavy (non-hydrogen) atoms. The minimum absolute atomic E-state index is 0.00590. The lowest BCUT2D eigenvalue weighted by Gasteiger charge is -2.44. The summed E-state index contributed by atoms with van der Waals surface area (Å²) in [7, 11) is 3.79. The van der Waals surface area contributed by atoms with Crippen LogP contribution >= 0.6 is 0 Å². The van der Waals surface area contributed by atoms with Crippen LogP contribution in [0.5, 0.6) is 0 Å². The fourth-order valence-electron chi connectivity index (χ4n) is 12.5. The predicted octanol–water partition coefficient (Wildman–Crippen LogP) is 6.01. The van der Waals surface area contributed by atoms with Gasteiger partial charge >= 0.3 is 6.18 Å². The number of anilines is 1. The smallest absolute Gasteiger partial charge is 0.378 e. The van der Waals surface area contributed by atoms with Gasteiger partial charge in [0.05, 0.1) is 53.9 Å². The van der Waals surface area contributed by atoms with Crippen LogP contribution in [0.1, 0.15) is 146 Å². The Labute approximate surface area is 467 Å². The number of halogens is 3. The number of carbonyl (C=O) groups is 6. The maximum atomic E-state index is 14.1. The molecule has 5 fully saturated rings. The molecule has 5 N–H and O–H groups in total. The second kappa shape index (κ2) is 27.6. The van der Waals surface area contributed by atoms with Crippen LogP contribution in [0.3, 0.4) is 0 Å². The van der Waals surface area contributed by atoms with Crippen molar-refractivity contribution in [2.75, 3.05) is 52.3 Å². The number of pyridine rings is 1. The van der Waals surface area contributed by atoms with Crippen LogP contribution in [-0.2, 0) is 50.8 Å². The van der Waals surface area contributed by atoms with Crippen molar-refractivity contribution in [2.45, 2.75) is 191 Å². The largest absolute Gasteiger partial charge is 0.416 e. The number of nitrogens with one attached hydrogen (secondary N) is 5. The van der Waals surface area contributed by atoms with Gasteiger partial charge in [0.15, 0.2) is 0 Å². The molecule has 2 aliphatic heterocycles. The fraction of sp³-hybridized carbons (Fsp3) is 0.672. The summed E-state index contributed by atoms with van der Waals surface area (Å²) in [6, 6.07) is 6.00. The van der Waals surface area contributed by atoms with Crippen LogP contribution in [-0.4, -0.2) is 160 Å². The van der Waals surface area contributed by atoms with Crippen molar-refractivity contribution in [3.05, 3.63) is 59.7 Å². The van der Waals surface area contributed by atoms with E-state index in [9.17, 15) is 41.9 Å². The monoisotopic (exact) mass is 1120 g/mol. The zero-order valence-electron chi connectivity index (χ0n) is 47.0. The van der Waals surface area contributed by atoms with Gasteiger partial charge in [-0.2, -0.15) is 13.2 Å². The number of likely N-dealkylation sites (tertiary alicyclic amines) is 2. The number of nitrogens with zero attached hydrogens (tertiary/aromatic N) is 6. The van der Waals surface area contributed by atoms with E-state index in [0.29, 0.717) is 121 Å². The van der Waals surface area contributed by atoms with Gasteiger partial charge in [0, 0.05) is 101 Å². The van der Waals surface area contributed by atoms with Crippen molar-refractivity contribution < 1.29 is 51.4 Å². The normalized spacial score (nSPS) is 26.5. The van der Waals surface area contributed by atoms with E-state index in [2.05, 4.69) is 67.3 Å². The summed E-state index contributed by atoms with van der Waals surface area (Å²) in [5.74, 6) is -0.855. The number of amides is 6. The summed E-state index contributed by atoms with van der Waals surface area (Å²) in [6.45, 7) is 7.71. The number of benzene rings is 1. The number of fused-ring (bicyclic) bond motifs is 1. The number of hydrogen-bond acceptors (Lipinski definition) is 13. The van der Waals surface area contributed by atoms with E-state index in [1.165, 1.54) is 13.0 Å². The Morgan fingerprint density at radius 3 is 2.26 bits per heavy atom. The highest BCUT2D eigenvalue weighted by molar-refractivity contribution is 5.94. The van der Waals surface area contributed by atoms with E-state index in [-0.39, 0.29) is 101 Å². The Bertz CT molecular complexity index is 2620. The van der Waals surface area contributed by atoms with Crippen LogP contribution in [0, 0.1) is 11.8 Å². The molecule has 3 aromatic rings. The Balaban J connectivity index is 0.708. The number of alkyl halides is 3. The molecule has 1 unspecified atom stereocenters. The SMILES string of the molecule is CC(=O)N[C@@H]1CC(N(C)C(C)C)CC[C@@H]1N1CC[C@H](Nc2nc(CCCNC(=O)C3CCC(NC(=O)CCCOC4CCC(OCCNC(=O)[C@H]5CC(=O)N(C)[C@@H]5c5cccnc5)CC4)CC3)nc3ccc(C(F)(F)F)cc23)C1=O. The van der Waals surface area contributed by atoms with Crippen LogP contribution < -0.4 is 26.6 Å². The Hall–Kier alpha value is -6.00. The van der Waals surface area contributed by atoms with Crippen molar-refractivity contribution in [1.82, 2.24) is 50.9 Å². The van der Waals surface area contributed by atoms with E-state index in [0.717, 1.165) is 49.8 Å². The average Bonchev–Trinajstić information content (AvgIpc) is 3.98. The minimum Gasteiger partial charge on any atom is -0.378 e. The number of carbonyl (C=O) groups excluding carboxylic acids is 6. The van der Waals surface area contributed by atoms with E-state index in [1.54, 1.807) is 30.4 Å². The van der Waals surface area contributed by atoms with Gasteiger partial charge in [0.2, 0.25) is 35.4 Å². The molecule has 6 atom stereocenters. The average molecular weight is 1120 g/mol. The fourth-order valence-corrected chi connectivity index (χ4v) is 12.5. The molecule has 0 spiro atoms. The first-order valence-corrected chi connectivity index (χ1v) is 29.0. The van der Waals surface area contributed by atoms with E-state index in [4.69, 9.17) is 9.47 Å². The molecule has 0 bridgehead atoms. The summed E-state index contributed by atoms with van der Waals surface area (Å²) in [4.78, 5) is 97.3. The number of ether oxygens (including phenoxy) is 2. The van der Waals surface area contributed by atoms with E-state index in [1.807, 2.05) is 11.0 Å². The third-order valence-electron chi connectivity index (χ3n) is 17.2. The topological polar surface area (TPSA) is 229 Å². The first-order valence-electron chi connectivity index (χ1n) is 29.0. The molecule has 6 amide bonds. The maximum absolute atomic E-state index is 14.1. The maximum Gasteiger partial charge on any atom is 0.416 e. The van der Waals surface area contributed by atoms with Crippen LogP contribution in [0.4, 0.5) is 19.0 Å². The highest BCUT2D eigenvalue weighted by Crippen LogP contribution is 2.38. The van der Waals surface area contributed by atoms with Gasteiger partial charge in [0.25, 0.3) is 0 Å². The molecule has 19 nitrogen and oxygen atoms in total. The van der Waals surface area contributed by atoms with Crippen molar-refractivity contribution >= 4 is 52.2 Å². The zero-order chi connectivity index (χ0) is 57.1. The Morgan fingerprint density at radius 2 is 1.57 bits per heavy atom. The molecule has 5 aliphatic rings. The van der Waals surface area contributed by atoms with Crippen molar-refractivity contribution in [1.29, 1.82) is 0 Å². The number of hydrogen-bond donors (Lipinski definition) is 5. The van der Waals surface area contributed by atoms with Crippen LogP contribution in [0.2, 0.25) is 0 Å². The molecule has 4 heterocycles. The van der Waals surface area contributed by atoms with Crippen LogP contribution in [0.25, 0.3) is 10.9 Å². The van der Waals surface area contributed by atoms with Gasteiger partial charge in [-0.25, -0.2) is 9.97 Å². The van der Waals surface area contributed by atoms with Crippen molar-refractivity contribution in [2.24, 2.45) is 11.8 Å². The van der Waals surface area contributed by atoms with Crippen LogP contribution in [0.15, 0.2) is 42.7 Å². The summed E-state index contributed by atoms with van der Waals surface area (Å²) in [6.07, 6.45) is 9.56. The standard InChI is InChI=1S/C58H82F3N11O8/c1-35(2)70(4)41-17-23-49(48(32-41)65-36(3)73)72-28-24-47(57(72)78)68-54-44-31-39(58(59,60)61)14-22-46(44)67-50(69-54)10-7-26-63-55(76)37-12-15-40(16-13-37)66-51(74)11-8-29-79-42-18-20-43(21-19-42)80-30-27-64-56(77)45-33-52(75)71(5)53(45)38-9-6-25-62-34-38/h6,9,14,22,25,31,34-35,37,40-43,45,47-49,53H,7-8,10-13,15-21,23-24,26-30,32-33H2,1-5H3,(H,63,76)(H,64,77)(H,65,73)(H,66,74)(H,67,68,69)/t37?,40?,41?,42?,43?,45-,47-,48+,49-,53+/m0/s1. The lowest BCUT2D eigenvalue weighted by molar-refractivity contribution is -0.137. The summed E-state index contributed by atoms with van der Waals surface area (Å²) < 4.78 is 54.1. The molecular weight excluding hydrogens is 1040 g/mol. The molecule has 0 radical (unpaired) electrons. The second-order valence-corrected chi connectivity index (χ2v) is 22.9. The third kappa shape index (κ3) is 15.7. The van der Waals surface area contributed by atoms with Gasteiger partial charge in [-0.1, -0.05) is 6.07 Å². The first-order chi connectivity index (χ1) is 38.3. The third-order valence-corrected chi connectivity index (χ3v) is 17.2. The molecule has 8 rings (SSSR count). The van der Waals surface area contributed by atoms with E-state index >= 15 is 0 Å². The lowest BCUT2D eigenvalue weighted by atomic mass is 9.84. The number of aromatic nitrogens is 3. The molecule has 3 saturated carbocycles. The van der Waals surface area contributed by atoms with Gasteiger partial charge in [0.1, 0.15) is 17.7 Å². The van der Waals surface area contributed by atoms with Gasteiger partial charge in [-0.05, 0) is 141 Å². The van der Waals surface area contributed by atoms with Gasteiger partial charge in [-0.3, -0.25) is 33.8 Å². The van der Waals surface area contributed by atoms with Crippen molar-refractivity contribution in [3.8, 4) is 0 Å².